The van der Waals surface area contributed by atoms with E-state index < -0.39 is 10.0 Å². The number of anilines is 2. The number of hydrogen-bond acceptors (Lipinski definition) is 5. The molecule has 0 spiro atoms. The lowest BCUT2D eigenvalue weighted by Gasteiger charge is -2.10. The molecule has 3 rings (SSSR count). The first-order valence-corrected chi connectivity index (χ1v) is 9.82. The number of rotatable bonds is 6. The maximum absolute atomic E-state index is 12.5. The van der Waals surface area contributed by atoms with Gasteiger partial charge in [-0.2, -0.15) is 0 Å². The molecule has 8 heteroatoms. The summed E-state index contributed by atoms with van der Waals surface area (Å²) < 4.78 is 32.3. The van der Waals surface area contributed by atoms with Crippen LogP contribution in [0.1, 0.15) is 28.6 Å². The summed E-state index contributed by atoms with van der Waals surface area (Å²) in [6.45, 7) is 3.65. The van der Waals surface area contributed by atoms with E-state index in [0.717, 1.165) is 12.0 Å². The molecule has 0 saturated heterocycles. The van der Waals surface area contributed by atoms with Crippen molar-refractivity contribution in [2.75, 3.05) is 10.0 Å². The van der Waals surface area contributed by atoms with Crippen LogP contribution in [0.3, 0.4) is 0 Å². The summed E-state index contributed by atoms with van der Waals surface area (Å²) in [5, 5.41) is 6.27. The number of carbonyl (C=O) groups excluding carboxylic acids is 1. The maximum atomic E-state index is 12.5. The zero-order valence-corrected chi connectivity index (χ0v) is 15.7. The Hall–Kier alpha value is -3.13. The predicted molar refractivity (Wildman–Crippen MR) is 102 cm³/mol. The van der Waals surface area contributed by atoms with Gasteiger partial charge < -0.3 is 9.84 Å². The van der Waals surface area contributed by atoms with Crippen LogP contribution in [0.15, 0.2) is 64.1 Å². The first kappa shape index (κ1) is 18.7. The van der Waals surface area contributed by atoms with E-state index in [2.05, 4.69) is 15.2 Å². The van der Waals surface area contributed by atoms with Gasteiger partial charge in [0, 0.05) is 11.4 Å². The molecule has 0 aliphatic carbocycles. The fourth-order valence-corrected chi connectivity index (χ4v) is 3.51. The second-order valence-electron chi connectivity index (χ2n) is 5.93. The molecule has 140 valence electrons. The molecule has 2 aromatic carbocycles. The van der Waals surface area contributed by atoms with E-state index in [9.17, 15) is 13.2 Å². The molecule has 0 unspecified atom stereocenters. The van der Waals surface area contributed by atoms with Crippen molar-refractivity contribution >= 4 is 27.3 Å². The molecule has 1 heterocycles. The van der Waals surface area contributed by atoms with Gasteiger partial charge in [-0.15, -0.1) is 0 Å². The van der Waals surface area contributed by atoms with Crippen molar-refractivity contribution in [2.45, 2.75) is 25.2 Å². The summed E-state index contributed by atoms with van der Waals surface area (Å²) in [5.74, 6) is 0.0732. The molecule has 0 atom stereocenters. The van der Waals surface area contributed by atoms with Crippen LogP contribution in [-0.4, -0.2) is 19.5 Å². The molecule has 7 nitrogen and oxygen atoms in total. The minimum atomic E-state index is -3.67. The third kappa shape index (κ3) is 4.35. The second-order valence-corrected chi connectivity index (χ2v) is 7.61. The molecule has 0 aliphatic rings. The fraction of sp³-hybridized carbons (Fsp3) is 0.158. The lowest BCUT2D eigenvalue weighted by atomic mass is 10.2. The summed E-state index contributed by atoms with van der Waals surface area (Å²) in [6.07, 6.45) is 2.19. The maximum Gasteiger partial charge on any atom is 0.261 e. The van der Waals surface area contributed by atoms with Crippen LogP contribution >= 0.6 is 0 Å². The Balaban J connectivity index is 1.69. The summed E-state index contributed by atoms with van der Waals surface area (Å²) in [5.41, 5.74) is 2.33. The van der Waals surface area contributed by atoms with Crippen LogP contribution in [0, 0.1) is 6.92 Å². The number of benzene rings is 2. The zero-order chi connectivity index (χ0) is 19.4. The average Bonchev–Trinajstić information content (AvgIpc) is 3.09. The Morgan fingerprint density at radius 3 is 2.22 bits per heavy atom. The normalized spacial score (nSPS) is 11.2. The Morgan fingerprint density at radius 2 is 1.67 bits per heavy atom. The zero-order valence-electron chi connectivity index (χ0n) is 14.9. The first-order chi connectivity index (χ1) is 12.9. The molecule has 0 aliphatic heterocycles. The van der Waals surface area contributed by atoms with Crippen LogP contribution < -0.4 is 10.0 Å². The quantitative estimate of drug-likeness (QED) is 0.675. The van der Waals surface area contributed by atoms with E-state index in [1.165, 1.54) is 6.20 Å². The van der Waals surface area contributed by atoms with Gasteiger partial charge >= 0.3 is 0 Å². The van der Waals surface area contributed by atoms with Gasteiger partial charge in [-0.05, 0) is 55.3 Å². The van der Waals surface area contributed by atoms with Gasteiger partial charge in [0.25, 0.3) is 15.9 Å². The highest BCUT2D eigenvalue weighted by Gasteiger charge is 2.15. The lowest BCUT2D eigenvalue weighted by Crippen LogP contribution is -2.14. The standard InChI is InChI=1S/C19H19N3O4S/c1-3-14-4-10-17(11-5-14)27(24,25)22-16-8-6-15(7-9-16)21-19(23)18-12-20-26-13(18)2/h4-12,22H,3H2,1-2H3,(H,21,23). The van der Waals surface area contributed by atoms with Gasteiger partial charge in [0.15, 0.2) is 0 Å². The van der Waals surface area contributed by atoms with Gasteiger partial charge in [-0.1, -0.05) is 24.2 Å². The Kier molecular flexibility index (Phi) is 5.27. The molecule has 0 saturated carbocycles. The number of hydrogen-bond donors (Lipinski definition) is 2. The SMILES string of the molecule is CCc1ccc(S(=O)(=O)Nc2ccc(NC(=O)c3cnoc3C)cc2)cc1. The van der Waals surface area contributed by atoms with Crippen LogP contribution in [-0.2, 0) is 16.4 Å². The van der Waals surface area contributed by atoms with Gasteiger partial charge in [0.05, 0.1) is 11.1 Å². The van der Waals surface area contributed by atoms with Crippen molar-refractivity contribution in [3.05, 3.63) is 71.6 Å². The largest absolute Gasteiger partial charge is 0.361 e. The smallest absolute Gasteiger partial charge is 0.261 e. The lowest BCUT2D eigenvalue weighted by molar-refractivity contribution is 0.102. The molecular weight excluding hydrogens is 366 g/mol. The van der Waals surface area contributed by atoms with Crippen molar-refractivity contribution in [1.82, 2.24) is 5.16 Å². The molecule has 0 fully saturated rings. The number of aryl methyl sites for hydroxylation is 2. The average molecular weight is 385 g/mol. The van der Waals surface area contributed by atoms with E-state index in [1.54, 1.807) is 55.5 Å². The summed E-state index contributed by atoms with van der Waals surface area (Å²) in [4.78, 5) is 12.3. The number of sulfonamides is 1. The molecular formula is C19H19N3O4S. The monoisotopic (exact) mass is 385 g/mol. The van der Waals surface area contributed by atoms with Crippen LogP contribution in [0.2, 0.25) is 0 Å². The van der Waals surface area contributed by atoms with E-state index in [0.29, 0.717) is 22.7 Å². The Bertz CT molecular complexity index is 1040. The Labute approximate surface area is 157 Å². The highest BCUT2D eigenvalue weighted by molar-refractivity contribution is 7.92. The number of nitrogens with zero attached hydrogens (tertiary/aromatic N) is 1. The molecule has 2 N–H and O–H groups in total. The number of carbonyl (C=O) groups is 1. The minimum Gasteiger partial charge on any atom is -0.361 e. The molecule has 1 aromatic heterocycles. The van der Waals surface area contributed by atoms with Gasteiger partial charge in [0.1, 0.15) is 11.3 Å². The first-order valence-electron chi connectivity index (χ1n) is 8.33. The van der Waals surface area contributed by atoms with Crippen molar-refractivity contribution in [2.24, 2.45) is 0 Å². The Morgan fingerprint density at radius 1 is 1.04 bits per heavy atom. The third-order valence-electron chi connectivity index (χ3n) is 4.03. The van der Waals surface area contributed by atoms with Crippen LogP contribution in [0.5, 0.6) is 0 Å². The van der Waals surface area contributed by atoms with Crippen LogP contribution in [0.4, 0.5) is 11.4 Å². The van der Waals surface area contributed by atoms with E-state index in [-0.39, 0.29) is 10.8 Å². The van der Waals surface area contributed by atoms with Crippen LogP contribution in [0.25, 0.3) is 0 Å². The summed E-state index contributed by atoms with van der Waals surface area (Å²) in [7, 11) is -3.67. The van der Waals surface area contributed by atoms with Gasteiger partial charge in [-0.3, -0.25) is 9.52 Å². The molecule has 0 bridgehead atoms. The third-order valence-corrected chi connectivity index (χ3v) is 5.43. The highest BCUT2D eigenvalue weighted by Crippen LogP contribution is 2.20. The number of aromatic nitrogens is 1. The molecule has 27 heavy (non-hydrogen) atoms. The fourth-order valence-electron chi connectivity index (χ4n) is 2.46. The summed E-state index contributed by atoms with van der Waals surface area (Å²) >= 11 is 0. The molecule has 3 aromatic rings. The van der Waals surface area contributed by atoms with Gasteiger partial charge in [-0.25, -0.2) is 8.42 Å². The number of amides is 1. The van der Waals surface area contributed by atoms with E-state index >= 15 is 0 Å². The van der Waals surface area contributed by atoms with E-state index in [1.807, 2.05) is 6.92 Å². The van der Waals surface area contributed by atoms with E-state index in [4.69, 9.17) is 4.52 Å². The van der Waals surface area contributed by atoms with Crippen molar-refractivity contribution < 1.29 is 17.7 Å². The van der Waals surface area contributed by atoms with Crippen molar-refractivity contribution in [3.8, 4) is 0 Å². The number of nitrogens with one attached hydrogen (secondary N) is 2. The molecule has 1 amide bonds. The topological polar surface area (TPSA) is 101 Å². The van der Waals surface area contributed by atoms with Crippen molar-refractivity contribution in [3.63, 3.8) is 0 Å². The second kappa shape index (κ2) is 7.63. The summed E-state index contributed by atoms with van der Waals surface area (Å²) in [6, 6.07) is 13.1. The van der Waals surface area contributed by atoms with Gasteiger partial charge in [0.2, 0.25) is 0 Å². The minimum absolute atomic E-state index is 0.194. The molecule has 0 radical (unpaired) electrons. The highest BCUT2D eigenvalue weighted by atomic mass is 32.2. The predicted octanol–water partition coefficient (Wildman–Crippen LogP) is 3.60. The van der Waals surface area contributed by atoms with Crippen molar-refractivity contribution in [1.29, 1.82) is 0 Å².